The number of alkyl halides is 3. The van der Waals surface area contributed by atoms with Gasteiger partial charge in [-0.25, -0.2) is 0 Å². The normalized spacial score (nSPS) is 11.3. The molecule has 5 heteroatoms. The molecule has 2 aromatic carbocycles. The van der Waals surface area contributed by atoms with Gasteiger partial charge in [-0.1, -0.05) is 42.5 Å². The standard InChI is InChI=1S/C15H13F3O2/c16-15(17,18)20-14-8-4-7-13(9-14)11-19-10-12-5-2-1-3-6-12/h1-9H,10-11H2. The van der Waals surface area contributed by atoms with Crippen LogP contribution in [0.1, 0.15) is 11.1 Å². The first-order valence-electron chi connectivity index (χ1n) is 5.99. The lowest BCUT2D eigenvalue weighted by Crippen LogP contribution is -2.17. The fraction of sp³-hybridized carbons (Fsp3) is 0.200. The molecule has 0 saturated carbocycles. The zero-order chi connectivity index (χ0) is 14.4. The van der Waals surface area contributed by atoms with Gasteiger partial charge >= 0.3 is 6.36 Å². The minimum atomic E-state index is -4.68. The van der Waals surface area contributed by atoms with E-state index in [0.717, 1.165) is 5.56 Å². The quantitative estimate of drug-likeness (QED) is 0.814. The van der Waals surface area contributed by atoms with E-state index in [9.17, 15) is 13.2 Å². The largest absolute Gasteiger partial charge is 0.573 e. The van der Waals surface area contributed by atoms with Crippen molar-refractivity contribution in [2.75, 3.05) is 0 Å². The SMILES string of the molecule is FC(F)(F)Oc1cccc(COCc2ccccc2)c1. The van der Waals surface area contributed by atoms with Crippen LogP contribution in [0.4, 0.5) is 13.2 Å². The first-order chi connectivity index (χ1) is 9.53. The maximum atomic E-state index is 12.1. The van der Waals surface area contributed by atoms with E-state index in [4.69, 9.17) is 4.74 Å². The number of hydrogen-bond acceptors (Lipinski definition) is 2. The second-order valence-corrected chi connectivity index (χ2v) is 4.17. The van der Waals surface area contributed by atoms with Crippen LogP contribution in [0.25, 0.3) is 0 Å². The molecular weight excluding hydrogens is 269 g/mol. The molecule has 0 saturated heterocycles. The Hall–Kier alpha value is -2.01. The number of halogens is 3. The molecule has 20 heavy (non-hydrogen) atoms. The van der Waals surface area contributed by atoms with E-state index in [2.05, 4.69) is 4.74 Å². The number of hydrogen-bond donors (Lipinski definition) is 0. The van der Waals surface area contributed by atoms with Crippen LogP contribution in [0.3, 0.4) is 0 Å². The molecule has 0 amide bonds. The second kappa shape index (κ2) is 6.43. The fourth-order valence-electron chi connectivity index (χ4n) is 1.69. The van der Waals surface area contributed by atoms with Crippen LogP contribution in [0.15, 0.2) is 54.6 Å². The molecular formula is C15H13F3O2. The lowest BCUT2D eigenvalue weighted by Gasteiger charge is -2.10. The summed E-state index contributed by atoms with van der Waals surface area (Å²) in [4.78, 5) is 0. The lowest BCUT2D eigenvalue weighted by molar-refractivity contribution is -0.274. The van der Waals surface area contributed by atoms with E-state index in [1.54, 1.807) is 6.07 Å². The van der Waals surface area contributed by atoms with Crippen molar-refractivity contribution < 1.29 is 22.6 Å². The average Bonchev–Trinajstić information content (AvgIpc) is 2.38. The molecule has 2 rings (SSSR count). The predicted octanol–water partition coefficient (Wildman–Crippen LogP) is 4.30. The maximum absolute atomic E-state index is 12.1. The number of ether oxygens (including phenoxy) is 2. The molecule has 0 fully saturated rings. The van der Waals surface area contributed by atoms with Gasteiger partial charge in [-0.2, -0.15) is 0 Å². The van der Waals surface area contributed by atoms with Gasteiger partial charge in [0, 0.05) is 0 Å². The summed E-state index contributed by atoms with van der Waals surface area (Å²) in [6.45, 7) is 0.634. The zero-order valence-corrected chi connectivity index (χ0v) is 10.6. The van der Waals surface area contributed by atoms with E-state index < -0.39 is 6.36 Å². The maximum Gasteiger partial charge on any atom is 0.573 e. The van der Waals surface area contributed by atoms with Crippen molar-refractivity contribution in [1.82, 2.24) is 0 Å². The summed E-state index contributed by atoms with van der Waals surface area (Å²) in [6.07, 6.45) is -4.68. The van der Waals surface area contributed by atoms with Crippen LogP contribution in [0.2, 0.25) is 0 Å². The molecule has 0 heterocycles. The first-order valence-corrected chi connectivity index (χ1v) is 5.99. The molecule has 0 atom stereocenters. The van der Waals surface area contributed by atoms with E-state index in [-0.39, 0.29) is 12.4 Å². The average molecular weight is 282 g/mol. The highest BCUT2D eigenvalue weighted by Gasteiger charge is 2.31. The molecule has 0 bridgehead atoms. The number of benzene rings is 2. The Balaban J connectivity index is 1.88. The smallest absolute Gasteiger partial charge is 0.406 e. The molecule has 0 aliphatic rings. The van der Waals surface area contributed by atoms with Crippen LogP contribution in [0, 0.1) is 0 Å². The summed E-state index contributed by atoms with van der Waals surface area (Å²) >= 11 is 0. The van der Waals surface area contributed by atoms with Crippen molar-refractivity contribution >= 4 is 0 Å². The van der Waals surface area contributed by atoms with Gasteiger partial charge in [0.25, 0.3) is 0 Å². The van der Waals surface area contributed by atoms with Crippen molar-refractivity contribution in [2.45, 2.75) is 19.6 Å². The van der Waals surface area contributed by atoms with E-state index >= 15 is 0 Å². The molecule has 0 spiro atoms. The van der Waals surface area contributed by atoms with Crippen molar-refractivity contribution in [2.24, 2.45) is 0 Å². The Kier molecular flexibility index (Phi) is 4.63. The molecule has 2 nitrogen and oxygen atoms in total. The summed E-state index contributed by atoms with van der Waals surface area (Å²) in [5.41, 5.74) is 1.64. The molecule has 0 unspecified atom stereocenters. The van der Waals surface area contributed by atoms with Gasteiger partial charge in [-0.15, -0.1) is 13.2 Å². The highest BCUT2D eigenvalue weighted by molar-refractivity contribution is 5.28. The number of rotatable bonds is 5. The monoisotopic (exact) mass is 282 g/mol. The van der Waals surface area contributed by atoms with Crippen molar-refractivity contribution in [3.05, 3.63) is 65.7 Å². The molecule has 0 aromatic heterocycles. The van der Waals surface area contributed by atoms with Crippen LogP contribution >= 0.6 is 0 Å². The Morgan fingerprint density at radius 3 is 2.15 bits per heavy atom. The summed E-state index contributed by atoms with van der Waals surface area (Å²) in [5.74, 6) is -0.238. The third-order valence-corrected chi connectivity index (χ3v) is 2.51. The van der Waals surface area contributed by atoms with Crippen LogP contribution in [-0.4, -0.2) is 6.36 Å². The molecule has 0 aliphatic carbocycles. The van der Waals surface area contributed by atoms with Gasteiger partial charge in [0.05, 0.1) is 13.2 Å². The summed E-state index contributed by atoms with van der Waals surface area (Å²) < 4.78 is 45.6. The van der Waals surface area contributed by atoms with Gasteiger partial charge in [0.2, 0.25) is 0 Å². The van der Waals surface area contributed by atoms with E-state index in [1.165, 1.54) is 18.2 Å². The Labute approximate surface area is 114 Å². The molecule has 0 N–H and O–H groups in total. The molecule has 0 radical (unpaired) electrons. The summed E-state index contributed by atoms with van der Waals surface area (Å²) in [7, 11) is 0. The fourth-order valence-corrected chi connectivity index (χ4v) is 1.69. The highest BCUT2D eigenvalue weighted by Crippen LogP contribution is 2.23. The minimum Gasteiger partial charge on any atom is -0.406 e. The minimum absolute atomic E-state index is 0.226. The zero-order valence-electron chi connectivity index (χ0n) is 10.6. The molecule has 106 valence electrons. The van der Waals surface area contributed by atoms with Crippen LogP contribution in [-0.2, 0) is 18.0 Å². The lowest BCUT2D eigenvalue weighted by atomic mass is 10.2. The highest BCUT2D eigenvalue weighted by atomic mass is 19.4. The van der Waals surface area contributed by atoms with Crippen molar-refractivity contribution in [3.63, 3.8) is 0 Å². The molecule has 0 aliphatic heterocycles. The van der Waals surface area contributed by atoms with Crippen LogP contribution < -0.4 is 4.74 Å². The Morgan fingerprint density at radius 1 is 0.800 bits per heavy atom. The third-order valence-electron chi connectivity index (χ3n) is 2.51. The summed E-state index contributed by atoms with van der Waals surface area (Å²) in [5, 5.41) is 0. The third kappa shape index (κ3) is 4.93. The van der Waals surface area contributed by atoms with E-state index in [0.29, 0.717) is 12.2 Å². The predicted molar refractivity (Wildman–Crippen MR) is 68.1 cm³/mol. The van der Waals surface area contributed by atoms with Gasteiger partial charge in [-0.3, -0.25) is 0 Å². The van der Waals surface area contributed by atoms with E-state index in [1.807, 2.05) is 30.3 Å². The van der Waals surface area contributed by atoms with Gasteiger partial charge in [0.1, 0.15) is 5.75 Å². The Bertz CT molecular complexity index is 538. The van der Waals surface area contributed by atoms with Crippen molar-refractivity contribution in [1.29, 1.82) is 0 Å². The molecule has 2 aromatic rings. The second-order valence-electron chi connectivity index (χ2n) is 4.17. The van der Waals surface area contributed by atoms with Gasteiger partial charge in [0.15, 0.2) is 0 Å². The van der Waals surface area contributed by atoms with Gasteiger partial charge < -0.3 is 9.47 Å². The van der Waals surface area contributed by atoms with Crippen molar-refractivity contribution in [3.8, 4) is 5.75 Å². The van der Waals surface area contributed by atoms with Crippen LogP contribution in [0.5, 0.6) is 5.75 Å². The topological polar surface area (TPSA) is 18.5 Å². The van der Waals surface area contributed by atoms with Gasteiger partial charge in [-0.05, 0) is 23.3 Å². The summed E-state index contributed by atoms with van der Waals surface area (Å²) in [6, 6.07) is 15.3. The Morgan fingerprint density at radius 2 is 1.45 bits per heavy atom. The first kappa shape index (κ1) is 14.4.